The molecule has 1 heterocycles. The predicted octanol–water partition coefficient (Wildman–Crippen LogP) is 1.28. The summed E-state index contributed by atoms with van der Waals surface area (Å²) >= 11 is 3.53. The Morgan fingerprint density at radius 3 is 2.76 bits per heavy atom. The Hall–Kier alpha value is -1.21. The van der Waals surface area contributed by atoms with E-state index in [1.54, 1.807) is 42.1 Å². The number of rotatable bonds is 8. The fourth-order valence-electron chi connectivity index (χ4n) is 1.49. The molecule has 21 heavy (non-hydrogen) atoms. The van der Waals surface area contributed by atoms with Crippen molar-refractivity contribution in [3.05, 3.63) is 22.4 Å². The molecule has 2 N–H and O–H groups in total. The van der Waals surface area contributed by atoms with Gasteiger partial charge < -0.3 is 15.5 Å². The van der Waals surface area contributed by atoms with Gasteiger partial charge >= 0.3 is 0 Å². The Bertz CT molecular complexity index is 432. The van der Waals surface area contributed by atoms with Crippen LogP contribution in [-0.2, 0) is 11.2 Å². The van der Waals surface area contributed by atoms with Crippen LogP contribution in [0, 0.1) is 0 Å². The number of amides is 1. The highest BCUT2D eigenvalue weighted by Gasteiger charge is 2.04. The lowest BCUT2D eigenvalue weighted by atomic mass is 10.3. The number of thiophene rings is 1. The number of hydrogen-bond acceptors (Lipinski definition) is 4. The lowest BCUT2D eigenvalue weighted by Crippen LogP contribution is -2.40. The molecule has 0 atom stereocenters. The first-order chi connectivity index (χ1) is 10.1. The monoisotopic (exact) mass is 328 g/mol. The van der Waals surface area contributed by atoms with Crippen LogP contribution in [-0.4, -0.2) is 62.5 Å². The SMILES string of the molecule is CSCCNC(=NCC(=O)N(C)C)NCCc1cccs1. The molecule has 0 aliphatic rings. The Morgan fingerprint density at radius 2 is 2.14 bits per heavy atom. The van der Waals surface area contributed by atoms with E-state index in [0.717, 1.165) is 25.3 Å². The van der Waals surface area contributed by atoms with Crippen LogP contribution in [0.25, 0.3) is 0 Å². The van der Waals surface area contributed by atoms with Crippen molar-refractivity contribution in [2.45, 2.75) is 6.42 Å². The standard InChI is InChI=1S/C14H24N4OS2/c1-18(2)13(19)11-17-14(16-8-10-20-3)15-7-6-12-5-4-9-21-12/h4-5,9H,6-8,10-11H2,1-3H3,(H2,15,16,17). The van der Waals surface area contributed by atoms with Crippen LogP contribution in [0.3, 0.4) is 0 Å². The summed E-state index contributed by atoms with van der Waals surface area (Å²) in [5.74, 6) is 1.71. The second-order valence-corrected chi connectivity index (χ2v) is 6.65. The third-order valence-corrected chi connectivity index (χ3v) is 4.26. The Balaban J connectivity index is 2.42. The van der Waals surface area contributed by atoms with Crippen LogP contribution in [0.15, 0.2) is 22.5 Å². The first-order valence-corrected chi connectivity index (χ1v) is 9.14. The minimum atomic E-state index is -0.000719. The Kier molecular flexibility index (Phi) is 8.93. The molecule has 118 valence electrons. The van der Waals surface area contributed by atoms with Crippen LogP contribution in [0.5, 0.6) is 0 Å². The maximum atomic E-state index is 11.6. The summed E-state index contributed by atoms with van der Waals surface area (Å²) in [5, 5.41) is 8.60. The molecule has 0 aliphatic carbocycles. The summed E-state index contributed by atoms with van der Waals surface area (Å²) in [7, 11) is 3.48. The van der Waals surface area contributed by atoms with Gasteiger partial charge in [0.2, 0.25) is 5.91 Å². The second-order valence-electron chi connectivity index (χ2n) is 4.63. The number of nitrogens with zero attached hydrogens (tertiary/aromatic N) is 2. The first kappa shape index (κ1) is 17.8. The molecule has 0 bridgehead atoms. The highest BCUT2D eigenvalue weighted by molar-refractivity contribution is 7.98. The number of thioether (sulfide) groups is 1. The van der Waals surface area contributed by atoms with Gasteiger partial charge in [0.25, 0.3) is 0 Å². The van der Waals surface area contributed by atoms with E-state index in [0.29, 0.717) is 5.96 Å². The molecule has 0 spiro atoms. The summed E-state index contributed by atoms with van der Waals surface area (Å²) < 4.78 is 0. The van der Waals surface area contributed by atoms with Gasteiger partial charge in [-0.15, -0.1) is 11.3 Å². The smallest absolute Gasteiger partial charge is 0.243 e. The fraction of sp³-hybridized carbons (Fsp3) is 0.571. The van der Waals surface area contributed by atoms with Gasteiger partial charge in [0.05, 0.1) is 0 Å². The summed E-state index contributed by atoms with van der Waals surface area (Å²) in [6.45, 7) is 1.81. The van der Waals surface area contributed by atoms with Gasteiger partial charge in [0, 0.05) is 37.8 Å². The lowest BCUT2D eigenvalue weighted by Gasteiger charge is -2.13. The molecule has 0 aliphatic heterocycles. The molecule has 0 saturated carbocycles. The second kappa shape index (κ2) is 10.5. The van der Waals surface area contributed by atoms with E-state index in [2.05, 4.69) is 39.4 Å². The molecular weight excluding hydrogens is 304 g/mol. The van der Waals surface area contributed by atoms with E-state index in [4.69, 9.17) is 0 Å². The van der Waals surface area contributed by atoms with Gasteiger partial charge in [-0.2, -0.15) is 11.8 Å². The molecular formula is C14H24N4OS2. The average Bonchev–Trinajstić information content (AvgIpc) is 2.97. The van der Waals surface area contributed by atoms with Crippen molar-refractivity contribution in [3.63, 3.8) is 0 Å². The largest absolute Gasteiger partial charge is 0.356 e. The summed E-state index contributed by atoms with van der Waals surface area (Å²) in [5.41, 5.74) is 0. The molecule has 1 aromatic heterocycles. The van der Waals surface area contributed by atoms with Gasteiger partial charge in [-0.1, -0.05) is 6.07 Å². The zero-order chi connectivity index (χ0) is 15.5. The van der Waals surface area contributed by atoms with Crippen LogP contribution in [0.2, 0.25) is 0 Å². The van der Waals surface area contributed by atoms with Crippen LogP contribution in [0.1, 0.15) is 4.88 Å². The van der Waals surface area contributed by atoms with Crippen molar-refractivity contribution in [2.24, 2.45) is 4.99 Å². The molecule has 0 unspecified atom stereocenters. The minimum Gasteiger partial charge on any atom is -0.356 e. The van der Waals surface area contributed by atoms with Crippen LogP contribution < -0.4 is 10.6 Å². The predicted molar refractivity (Wildman–Crippen MR) is 93.4 cm³/mol. The normalized spacial score (nSPS) is 11.3. The Labute approximate surface area is 135 Å². The molecule has 1 aromatic rings. The van der Waals surface area contributed by atoms with E-state index in [1.807, 2.05) is 0 Å². The lowest BCUT2D eigenvalue weighted by molar-refractivity contribution is -0.127. The Morgan fingerprint density at radius 1 is 1.38 bits per heavy atom. The number of hydrogen-bond donors (Lipinski definition) is 2. The molecule has 0 saturated heterocycles. The average molecular weight is 329 g/mol. The van der Waals surface area contributed by atoms with Crippen molar-refractivity contribution in [2.75, 3.05) is 45.7 Å². The molecule has 7 heteroatoms. The molecule has 1 amide bonds. The number of carbonyl (C=O) groups is 1. The van der Waals surface area contributed by atoms with Crippen molar-refractivity contribution < 1.29 is 4.79 Å². The van der Waals surface area contributed by atoms with Gasteiger partial charge in [0.1, 0.15) is 6.54 Å². The van der Waals surface area contributed by atoms with Crippen molar-refractivity contribution >= 4 is 35.0 Å². The van der Waals surface area contributed by atoms with Crippen molar-refractivity contribution in [1.82, 2.24) is 15.5 Å². The molecule has 0 aromatic carbocycles. The number of aliphatic imine (C=N–C) groups is 1. The highest BCUT2D eigenvalue weighted by Crippen LogP contribution is 2.07. The fourth-order valence-corrected chi connectivity index (χ4v) is 2.51. The van der Waals surface area contributed by atoms with Gasteiger partial charge in [0.15, 0.2) is 5.96 Å². The highest BCUT2D eigenvalue weighted by atomic mass is 32.2. The van der Waals surface area contributed by atoms with Gasteiger partial charge in [-0.25, -0.2) is 4.99 Å². The third kappa shape index (κ3) is 7.96. The van der Waals surface area contributed by atoms with E-state index in [1.165, 1.54) is 4.88 Å². The zero-order valence-electron chi connectivity index (χ0n) is 12.9. The minimum absolute atomic E-state index is 0.000719. The first-order valence-electron chi connectivity index (χ1n) is 6.87. The molecule has 0 radical (unpaired) electrons. The number of likely N-dealkylation sites (N-methyl/N-ethyl adjacent to an activating group) is 1. The van der Waals surface area contributed by atoms with Crippen molar-refractivity contribution in [3.8, 4) is 0 Å². The van der Waals surface area contributed by atoms with E-state index >= 15 is 0 Å². The molecule has 5 nitrogen and oxygen atoms in total. The summed E-state index contributed by atoms with van der Waals surface area (Å²) in [6, 6.07) is 4.18. The van der Waals surface area contributed by atoms with Gasteiger partial charge in [-0.05, 0) is 24.1 Å². The zero-order valence-corrected chi connectivity index (χ0v) is 14.5. The molecule has 0 fully saturated rings. The van der Waals surface area contributed by atoms with E-state index < -0.39 is 0 Å². The maximum absolute atomic E-state index is 11.6. The number of carbonyl (C=O) groups excluding carboxylic acids is 1. The summed E-state index contributed by atoms with van der Waals surface area (Å²) in [4.78, 5) is 18.8. The summed E-state index contributed by atoms with van der Waals surface area (Å²) in [6.07, 6.45) is 3.03. The van der Waals surface area contributed by atoms with Crippen LogP contribution >= 0.6 is 23.1 Å². The van der Waals surface area contributed by atoms with Crippen molar-refractivity contribution in [1.29, 1.82) is 0 Å². The van der Waals surface area contributed by atoms with E-state index in [9.17, 15) is 4.79 Å². The van der Waals surface area contributed by atoms with Crippen LogP contribution in [0.4, 0.5) is 0 Å². The maximum Gasteiger partial charge on any atom is 0.243 e. The third-order valence-electron chi connectivity index (χ3n) is 2.71. The molecule has 1 rings (SSSR count). The quantitative estimate of drug-likeness (QED) is 0.429. The number of nitrogens with one attached hydrogen (secondary N) is 2. The topological polar surface area (TPSA) is 56.7 Å². The van der Waals surface area contributed by atoms with E-state index in [-0.39, 0.29) is 12.5 Å². The van der Waals surface area contributed by atoms with Gasteiger partial charge in [-0.3, -0.25) is 4.79 Å². The number of guanidine groups is 1.